The highest BCUT2D eigenvalue weighted by molar-refractivity contribution is 5.49. The second-order valence-electron chi connectivity index (χ2n) is 5.86. The lowest BCUT2D eigenvalue weighted by Gasteiger charge is -2.33. The number of ether oxygens (including phenoxy) is 1. The van der Waals surface area contributed by atoms with E-state index >= 15 is 0 Å². The van der Waals surface area contributed by atoms with Gasteiger partial charge < -0.3 is 10.1 Å². The number of aryl methyl sites for hydroxylation is 1. The molecule has 1 atom stereocenters. The molecule has 0 spiro atoms. The van der Waals surface area contributed by atoms with Crippen molar-refractivity contribution in [3.05, 3.63) is 28.8 Å². The van der Waals surface area contributed by atoms with Crippen molar-refractivity contribution < 1.29 is 4.74 Å². The van der Waals surface area contributed by atoms with Gasteiger partial charge in [-0.05, 0) is 63.1 Å². The van der Waals surface area contributed by atoms with Crippen molar-refractivity contribution in [3.63, 3.8) is 0 Å². The van der Waals surface area contributed by atoms with Crippen LogP contribution in [0.4, 0.5) is 0 Å². The first-order valence-corrected chi connectivity index (χ1v) is 7.09. The molecule has 1 aliphatic carbocycles. The fraction of sp³-hybridized carbons (Fsp3) is 0.625. The summed E-state index contributed by atoms with van der Waals surface area (Å²) in [7, 11) is 1.81. The van der Waals surface area contributed by atoms with Gasteiger partial charge >= 0.3 is 0 Å². The molecule has 1 aliphatic heterocycles. The molecular weight excluding hydrogens is 222 g/mol. The predicted molar refractivity (Wildman–Crippen MR) is 74.1 cm³/mol. The Bertz CT molecular complexity index is 456. The van der Waals surface area contributed by atoms with Crippen molar-refractivity contribution in [1.82, 2.24) is 5.32 Å². The summed E-state index contributed by atoms with van der Waals surface area (Å²) in [5.74, 6) is 1.92. The van der Waals surface area contributed by atoms with E-state index in [0.29, 0.717) is 0 Å². The van der Waals surface area contributed by atoms with E-state index in [1.807, 2.05) is 0 Å². The number of rotatable bonds is 3. The zero-order valence-electron chi connectivity index (χ0n) is 11.7. The summed E-state index contributed by atoms with van der Waals surface area (Å²) in [5.41, 5.74) is 4.21. The third-order valence-corrected chi connectivity index (χ3v) is 4.82. The molecule has 1 unspecified atom stereocenters. The van der Waals surface area contributed by atoms with Gasteiger partial charge in [0, 0.05) is 5.56 Å². The molecule has 1 saturated heterocycles. The van der Waals surface area contributed by atoms with Gasteiger partial charge in [0.05, 0.1) is 12.6 Å². The molecule has 2 nitrogen and oxygen atoms in total. The topological polar surface area (TPSA) is 21.3 Å². The highest BCUT2D eigenvalue weighted by Gasteiger charge is 2.49. The summed E-state index contributed by atoms with van der Waals surface area (Å²) in [6.45, 7) is 5.48. The molecule has 18 heavy (non-hydrogen) atoms. The Morgan fingerprint density at radius 1 is 1.28 bits per heavy atom. The first kappa shape index (κ1) is 12.0. The normalized spacial score (nSPS) is 27.5. The number of methoxy groups -OCH3 is 1. The monoisotopic (exact) mass is 245 g/mol. The maximum absolute atomic E-state index is 5.73. The van der Waals surface area contributed by atoms with Gasteiger partial charge in [0.15, 0.2) is 0 Å². The van der Waals surface area contributed by atoms with Crippen LogP contribution >= 0.6 is 0 Å². The molecule has 1 aromatic rings. The summed E-state index contributed by atoms with van der Waals surface area (Å²) in [6, 6.07) is 4.54. The Morgan fingerprint density at radius 3 is 2.61 bits per heavy atom. The smallest absolute Gasteiger partial charge is 0.127 e. The maximum atomic E-state index is 5.73. The van der Waals surface area contributed by atoms with Crippen LogP contribution in [-0.2, 0) is 5.54 Å². The van der Waals surface area contributed by atoms with Crippen molar-refractivity contribution in [2.75, 3.05) is 13.7 Å². The lowest BCUT2D eigenvalue weighted by atomic mass is 9.81. The zero-order chi connectivity index (χ0) is 12.8. The molecule has 98 valence electrons. The molecular formula is C16H23NO. The van der Waals surface area contributed by atoms with Crippen LogP contribution in [-0.4, -0.2) is 13.7 Å². The van der Waals surface area contributed by atoms with Gasteiger partial charge in [-0.15, -0.1) is 0 Å². The van der Waals surface area contributed by atoms with Gasteiger partial charge in [-0.1, -0.05) is 12.1 Å². The minimum absolute atomic E-state index is 0.198. The van der Waals surface area contributed by atoms with E-state index in [0.717, 1.165) is 18.2 Å². The van der Waals surface area contributed by atoms with Crippen LogP contribution in [0.15, 0.2) is 12.1 Å². The molecule has 0 bridgehead atoms. The van der Waals surface area contributed by atoms with Gasteiger partial charge in [-0.3, -0.25) is 0 Å². The van der Waals surface area contributed by atoms with Crippen molar-refractivity contribution in [2.45, 2.75) is 45.1 Å². The van der Waals surface area contributed by atoms with Gasteiger partial charge in [0.25, 0.3) is 0 Å². The van der Waals surface area contributed by atoms with E-state index in [-0.39, 0.29) is 5.54 Å². The van der Waals surface area contributed by atoms with Gasteiger partial charge in [-0.2, -0.15) is 0 Å². The number of nitrogens with one attached hydrogen (secondary N) is 1. The predicted octanol–water partition coefficient (Wildman–Crippen LogP) is 3.30. The fourth-order valence-electron chi connectivity index (χ4n) is 3.55. The Balaban J connectivity index is 2.12. The lowest BCUT2D eigenvalue weighted by Crippen LogP contribution is -2.39. The van der Waals surface area contributed by atoms with Crippen LogP contribution in [0.2, 0.25) is 0 Å². The Labute approximate surface area is 110 Å². The average molecular weight is 245 g/mol. The fourth-order valence-corrected chi connectivity index (χ4v) is 3.55. The van der Waals surface area contributed by atoms with Crippen LogP contribution in [0, 0.1) is 19.8 Å². The summed E-state index contributed by atoms with van der Waals surface area (Å²) >= 11 is 0. The van der Waals surface area contributed by atoms with Crippen LogP contribution < -0.4 is 10.1 Å². The minimum Gasteiger partial charge on any atom is -0.496 e. The lowest BCUT2D eigenvalue weighted by molar-refractivity contribution is 0.312. The molecule has 1 saturated carbocycles. The third kappa shape index (κ3) is 1.66. The van der Waals surface area contributed by atoms with Crippen molar-refractivity contribution >= 4 is 0 Å². The molecule has 2 fully saturated rings. The largest absolute Gasteiger partial charge is 0.496 e. The highest BCUT2D eigenvalue weighted by atomic mass is 16.5. The van der Waals surface area contributed by atoms with E-state index in [1.165, 1.54) is 42.4 Å². The quantitative estimate of drug-likeness (QED) is 0.882. The van der Waals surface area contributed by atoms with Crippen molar-refractivity contribution in [3.8, 4) is 5.75 Å². The Kier molecular flexibility index (Phi) is 2.86. The molecule has 0 aromatic heterocycles. The molecule has 0 amide bonds. The molecule has 2 heteroatoms. The standard InChI is InChI=1S/C16H23NO/c1-11-5-8-14(15(18-3)12(11)2)16(13-6-7-13)9-4-10-17-16/h5,8,13,17H,4,6-7,9-10H2,1-3H3. The Morgan fingerprint density at radius 2 is 2.06 bits per heavy atom. The first-order chi connectivity index (χ1) is 8.69. The van der Waals surface area contributed by atoms with E-state index < -0.39 is 0 Å². The molecule has 2 aliphatic rings. The van der Waals surface area contributed by atoms with Gasteiger partial charge in [0.1, 0.15) is 5.75 Å². The van der Waals surface area contributed by atoms with E-state index in [4.69, 9.17) is 4.74 Å². The molecule has 1 aromatic carbocycles. The minimum atomic E-state index is 0.198. The van der Waals surface area contributed by atoms with Crippen LogP contribution in [0.1, 0.15) is 42.4 Å². The third-order valence-electron chi connectivity index (χ3n) is 4.82. The average Bonchev–Trinajstić information content (AvgIpc) is 3.12. The SMILES string of the molecule is COc1c(C2(C3CC3)CCCN2)ccc(C)c1C. The summed E-state index contributed by atoms with van der Waals surface area (Å²) in [6.07, 6.45) is 5.27. The van der Waals surface area contributed by atoms with Gasteiger partial charge in [-0.25, -0.2) is 0 Å². The summed E-state index contributed by atoms with van der Waals surface area (Å²) < 4.78 is 5.73. The second kappa shape index (κ2) is 4.27. The zero-order valence-corrected chi connectivity index (χ0v) is 11.7. The summed E-state index contributed by atoms with van der Waals surface area (Å²) in [4.78, 5) is 0. The van der Waals surface area contributed by atoms with Crippen LogP contribution in [0.3, 0.4) is 0 Å². The first-order valence-electron chi connectivity index (χ1n) is 7.09. The molecule has 0 radical (unpaired) electrons. The second-order valence-corrected chi connectivity index (χ2v) is 5.86. The van der Waals surface area contributed by atoms with Crippen LogP contribution in [0.25, 0.3) is 0 Å². The highest BCUT2D eigenvalue weighted by Crippen LogP contribution is 2.52. The Hall–Kier alpha value is -1.02. The number of benzene rings is 1. The number of hydrogen-bond acceptors (Lipinski definition) is 2. The maximum Gasteiger partial charge on any atom is 0.127 e. The van der Waals surface area contributed by atoms with Crippen molar-refractivity contribution in [1.29, 1.82) is 0 Å². The van der Waals surface area contributed by atoms with E-state index in [9.17, 15) is 0 Å². The summed E-state index contributed by atoms with van der Waals surface area (Å²) in [5, 5.41) is 3.79. The molecule has 3 rings (SSSR count). The molecule has 1 heterocycles. The molecule has 1 N–H and O–H groups in total. The van der Waals surface area contributed by atoms with E-state index in [1.54, 1.807) is 7.11 Å². The van der Waals surface area contributed by atoms with Crippen molar-refractivity contribution in [2.24, 2.45) is 5.92 Å². The van der Waals surface area contributed by atoms with Gasteiger partial charge in [0.2, 0.25) is 0 Å². The number of hydrogen-bond donors (Lipinski definition) is 1. The van der Waals surface area contributed by atoms with Crippen LogP contribution in [0.5, 0.6) is 5.75 Å². The van der Waals surface area contributed by atoms with E-state index in [2.05, 4.69) is 31.3 Å².